The molecule has 0 aliphatic carbocycles. The third kappa shape index (κ3) is 2.42. The fourth-order valence-electron chi connectivity index (χ4n) is 2.43. The van der Waals surface area contributed by atoms with Gasteiger partial charge in [0.05, 0.1) is 11.9 Å². The van der Waals surface area contributed by atoms with Crippen molar-refractivity contribution in [2.75, 3.05) is 11.9 Å². The lowest BCUT2D eigenvalue weighted by atomic mass is 10.1. The van der Waals surface area contributed by atoms with Crippen LogP contribution in [0.1, 0.15) is 18.1 Å². The Morgan fingerprint density at radius 3 is 2.86 bits per heavy atom. The van der Waals surface area contributed by atoms with Gasteiger partial charge in [-0.1, -0.05) is 24.3 Å². The minimum absolute atomic E-state index is 0.0274. The first-order chi connectivity index (χ1) is 10.2. The molecule has 2 aromatic heterocycles. The van der Waals surface area contributed by atoms with Gasteiger partial charge in [0, 0.05) is 12.7 Å². The molecule has 0 spiro atoms. The number of fused-ring (bicyclic) bond motifs is 1. The van der Waals surface area contributed by atoms with E-state index in [0.717, 1.165) is 5.56 Å². The van der Waals surface area contributed by atoms with Crippen LogP contribution in [-0.2, 0) is 6.54 Å². The van der Waals surface area contributed by atoms with Crippen LogP contribution in [-0.4, -0.2) is 21.1 Å². The standard InChI is InChI=1S/C16H18N4O/c1-3-17-16-19-14-13(8-9-18-14)15(21)20(16)10-12-7-5-4-6-11(12)2/h4-9,18H,3,10H2,1-2H3,(H,17,19). The van der Waals surface area contributed by atoms with Crippen molar-refractivity contribution in [3.8, 4) is 0 Å². The number of anilines is 1. The number of aromatic nitrogens is 3. The molecule has 2 N–H and O–H groups in total. The van der Waals surface area contributed by atoms with Crippen molar-refractivity contribution < 1.29 is 0 Å². The Labute approximate surface area is 122 Å². The van der Waals surface area contributed by atoms with Gasteiger partial charge in [-0.05, 0) is 31.0 Å². The quantitative estimate of drug-likeness (QED) is 0.773. The second kappa shape index (κ2) is 5.44. The van der Waals surface area contributed by atoms with E-state index >= 15 is 0 Å². The Morgan fingerprint density at radius 1 is 1.29 bits per heavy atom. The van der Waals surface area contributed by atoms with Gasteiger partial charge in [-0.25, -0.2) is 0 Å². The summed E-state index contributed by atoms with van der Waals surface area (Å²) in [5.41, 5.74) is 2.88. The molecule has 3 aromatic rings. The molecule has 0 aliphatic heterocycles. The number of hydrogen-bond donors (Lipinski definition) is 2. The minimum atomic E-state index is -0.0274. The molecular weight excluding hydrogens is 264 g/mol. The van der Waals surface area contributed by atoms with Crippen LogP contribution >= 0.6 is 0 Å². The molecular formula is C16H18N4O. The number of benzene rings is 1. The first kappa shape index (κ1) is 13.4. The Bertz CT molecular complexity index is 832. The van der Waals surface area contributed by atoms with E-state index in [1.54, 1.807) is 16.8 Å². The molecule has 2 heterocycles. The highest BCUT2D eigenvalue weighted by Crippen LogP contribution is 2.14. The first-order valence-electron chi connectivity index (χ1n) is 7.07. The number of aromatic amines is 1. The van der Waals surface area contributed by atoms with Gasteiger partial charge in [0.1, 0.15) is 5.65 Å². The summed E-state index contributed by atoms with van der Waals surface area (Å²) < 4.78 is 1.70. The maximum atomic E-state index is 12.7. The molecule has 0 bridgehead atoms. The number of hydrogen-bond acceptors (Lipinski definition) is 3. The van der Waals surface area contributed by atoms with Gasteiger partial charge >= 0.3 is 0 Å². The van der Waals surface area contributed by atoms with E-state index in [1.165, 1.54) is 5.56 Å². The van der Waals surface area contributed by atoms with Gasteiger partial charge in [0.15, 0.2) is 0 Å². The summed E-state index contributed by atoms with van der Waals surface area (Å²) in [6.07, 6.45) is 1.74. The fraction of sp³-hybridized carbons (Fsp3) is 0.250. The van der Waals surface area contributed by atoms with Gasteiger partial charge in [0.25, 0.3) is 5.56 Å². The predicted molar refractivity (Wildman–Crippen MR) is 84.8 cm³/mol. The van der Waals surface area contributed by atoms with Crippen LogP contribution in [0.3, 0.4) is 0 Å². The SMILES string of the molecule is CCNc1nc2[nH]ccc2c(=O)n1Cc1ccccc1C. The highest BCUT2D eigenvalue weighted by atomic mass is 16.1. The maximum absolute atomic E-state index is 12.7. The zero-order valence-electron chi connectivity index (χ0n) is 12.2. The van der Waals surface area contributed by atoms with Crippen molar-refractivity contribution in [2.45, 2.75) is 20.4 Å². The molecule has 0 radical (unpaired) electrons. The van der Waals surface area contributed by atoms with E-state index in [2.05, 4.69) is 28.3 Å². The average molecular weight is 282 g/mol. The molecule has 0 saturated heterocycles. The highest BCUT2D eigenvalue weighted by molar-refractivity contribution is 5.75. The summed E-state index contributed by atoms with van der Waals surface area (Å²) in [7, 11) is 0. The number of nitrogens with one attached hydrogen (secondary N) is 2. The molecule has 0 amide bonds. The van der Waals surface area contributed by atoms with Crippen LogP contribution in [0.5, 0.6) is 0 Å². The van der Waals surface area contributed by atoms with Crippen LogP contribution in [0.4, 0.5) is 5.95 Å². The average Bonchev–Trinajstić information content (AvgIpc) is 2.94. The van der Waals surface area contributed by atoms with Crippen LogP contribution < -0.4 is 10.9 Å². The Morgan fingerprint density at radius 2 is 2.10 bits per heavy atom. The van der Waals surface area contributed by atoms with Crippen LogP contribution in [0.15, 0.2) is 41.3 Å². The first-order valence-corrected chi connectivity index (χ1v) is 7.07. The summed E-state index contributed by atoms with van der Waals surface area (Å²) in [4.78, 5) is 20.2. The van der Waals surface area contributed by atoms with E-state index in [1.807, 2.05) is 25.1 Å². The summed E-state index contributed by atoms with van der Waals surface area (Å²) in [5, 5.41) is 3.79. The number of rotatable bonds is 4. The topological polar surface area (TPSA) is 62.7 Å². The van der Waals surface area contributed by atoms with Gasteiger partial charge in [-0.3, -0.25) is 9.36 Å². The zero-order chi connectivity index (χ0) is 14.8. The lowest BCUT2D eigenvalue weighted by Crippen LogP contribution is -2.25. The molecule has 0 unspecified atom stereocenters. The largest absolute Gasteiger partial charge is 0.356 e. The van der Waals surface area contributed by atoms with E-state index in [-0.39, 0.29) is 5.56 Å². The molecule has 21 heavy (non-hydrogen) atoms. The van der Waals surface area contributed by atoms with Gasteiger partial charge in [-0.15, -0.1) is 0 Å². The summed E-state index contributed by atoms with van der Waals surface area (Å²) in [5.74, 6) is 0.598. The summed E-state index contributed by atoms with van der Waals surface area (Å²) in [6, 6.07) is 9.85. The number of H-pyrrole nitrogens is 1. The maximum Gasteiger partial charge on any atom is 0.264 e. The molecule has 108 valence electrons. The van der Waals surface area contributed by atoms with E-state index in [4.69, 9.17) is 0 Å². The second-order valence-corrected chi connectivity index (χ2v) is 5.02. The lowest BCUT2D eigenvalue weighted by molar-refractivity contribution is 0.749. The van der Waals surface area contributed by atoms with E-state index in [9.17, 15) is 4.79 Å². The highest BCUT2D eigenvalue weighted by Gasteiger charge is 2.12. The molecule has 1 aromatic carbocycles. The molecule has 0 aliphatic rings. The Kier molecular flexibility index (Phi) is 3.48. The van der Waals surface area contributed by atoms with Crippen LogP contribution in [0, 0.1) is 6.92 Å². The molecule has 0 fully saturated rings. The monoisotopic (exact) mass is 282 g/mol. The minimum Gasteiger partial charge on any atom is -0.356 e. The molecule has 0 atom stereocenters. The number of nitrogens with zero attached hydrogens (tertiary/aromatic N) is 2. The Hall–Kier alpha value is -2.56. The predicted octanol–water partition coefficient (Wildman–Crippen LogP) is 2.51. The molecule has 5 nitrogen and oxygen atoms in total. The van der Waals surface area contributed by atoms with E-state index in [0.29, 0.717) is 30.1 Å². The third-order valence-corrected chi connectivity index (χ3v) is 3.60. The molecule has 5 heteroatoms. The van der Waals surface area contributed by atoms with Crippen molar-refractivity contribution in [3.63, 3.8) is 0 Å². The fourth-order valence-corrected chi connectivity index (χ4v) is 2.43. The smallest absolute Gasteiger partial charge is 0.264 e. The number of aryl methyl sites for hydroxylation is 1. The summed E-state index contributed by atoms with van der Waals surface area (Å²) in [6.45, 7) is 5.27. The van der Waals surface area contributed by atoms with Gasteiger partial charge in [0.2, 0.25) is 5.95 Å². The van der Waals surface area contributed by atoms with E-state index < -0.39 is 0 Å². The Balaban J connectivity index is 2.15. The lowest BCUT2D eigenvalue weighted by Gasteiger charge is -2.14. The van der Waals surface area contributed by atoms with Crippen molar-refractivity contribution in [1.82, 2.24) is 14.5 Å². The van der Waals surface area contributed by atoms with Crippen molar-refractivity contribution in [1.29, 1.82) is 0 Å². The normalized spacial score (nSPS) is 11.0. The summed E-state index contributed by atoms with van der Waals surface area (Å²) >= 11 is 0. The van der Waals surface area contributed by atoms with Crippen molar-refractivity contribution >= 4 is 17.0 Å². The second-order valence-electron chi connectivity index (χ2n) is 5.02. The third-order valence-electron chi connectivity index (χ3n) is 3.60. The zero-order valence-corrected chi connectivity index (χ0v) is 12.2. The molecule has 3 rings (SSSR count). The van der Waals surface area contributed by atoms with Crippen LogP contribution in [0.2, 0.25) is 0 Å². The molecule has 0 saturated carbocycles. The van der Waals surface area contributed by atoms with Gasteiger partial charge in [-0.2, -0.15) is 4.98 Å². The van der Waals surface area contributed by atoms with Crippen molar-refractivity contribution in [2.24, 2.45) is 0 Å². The van der Waals surface area contributed by atoms with Crippen molar-refractivity contribution in [3.05, 3.63) is 58.0 Å². The van der Waals surface area contributed by atoms with Crippen LogP contribution in [0.25, 0.3) is 11.0 Å². The van der Waals surface area contributed by atoms with Gasteiger partial charge < -0.3 is 10.3 Å².